The first-order valence-corrected chi connectivity index (χ1v) is 14.6. The fraction of sp³-hybridized carbons (Fsp3) is 0.536. The van der Waals surface area contributed by atoms with Gasteiger partial charge in [-0.2, -0.15) is 0 Å². The number of carbonyl (C=O) groups excluding carboxylic acids is 1. The number of carbonyl (C=O) groups is 1. The number of benzene rings is 1. The largest absolute Gasteiger partial charge is 0.321 e. The molecule has 2 atom stereocenters. The van der Waals surface area contributed by atoms with Gasteiger partial charge in [-0.05, 0) is 50.9 Å². The molecule has 8 nitrogen and oxygen atoms in total. The number of piperidine rings is 1. The van der Waals surface area contributed by atoms with E-state index in [4.69, 9.17) is 0 Å². The molecule has 4 heterocycles. The third kappa shape index (κ3) is 4.85. The minimum Gasteiger partial charge on any atom is -0.321 e. The third-order valence-electron chi connectivity index (χ3n) is 8.95. The predicted molar refractivity (Wildman–Crippen MR) is 146 cm³/mol. The van der Waals surface area contributed by atoms with Crippen molar-refractivity contribution in [2.45, 2.75) is 62.7 Å². The first kappa shape index (κ1) is 26.3. The highest BCUT2D eigenvalue weighted by molar-refractivity contribution is 7.15. The van der Waals surface area contributed by atoms with Crippen molar-refractivity contribution >= 4 is 22.3 Å². The Bertz CT molecular complexity index is 1420. The monoisotopic (exact) mass is 556 g/mol. The Labute approximate surface area is 230 Å². The smallest absolute Gasteiger partial charge is 0.320 e. The fourth-order valence-electron chi connectivity index (χ4n) is 6.81. The summed E-state index contributed by atoms with van der Waals surface area (Å²) in [6, 6.07) is 2.95. The number of hydrogen-bond acceptors (Lipinski definition) is 6. The number of urea groups is 1. The predicted octanol–water partition coefficient (Wildman–Crippen LogP) is 4.01. The quantitative estimate of drug-likeness (QED) is 0.526. The van der Waals surface area contributed by atoms with Gasteiger partial charge in [0.25, 0.3) is 5.56 Å². The zero-order chi connectivity index (χ0) is 27.1. The van der Waals surface area contributed by atoms with Gasteiger partial charge in [0.1, 0.15) is 11.6 Å². The van der Waals surface area contributed by atoms with E-state index in [-0.39, 0.29) is 28.7 Å². The highest BCUT2D eigenvalue weighted by Gasteiger charge is 2.46. The average Bonchev–Trinajstić information content (AvgIpc) is 3.62. The summed E-state index contributed by atoms with van der Waals surface area (Å²) in [7, 11) is 1.86. The number of nitrogens with one attached hydrogen (secondary N) is 1. The van der Waals surface area contributed by atoms with Gasteiger partial charge in [-0.3, -0.25) is 14.1 Å². The molecular weight excluding hydrogens is 522 g/mol. The van der Waals surface area contributed by atoms with Crippen LogP contribution in [0.2, 0.25) is 0 Å². The molecule has 1 N–H and O–H groups in total. The standard InChI is InChI=1S/C28H34F2N6O2S/c1-31-21-6-9-35(24(15-21)22-14-20(29)4-5-23(22)30)27(38)33-10-11-34(28(18-33)7-2-3-8-28)17-19-16-32-26-36(25(19)37)12-13-39-26/h4-5,12-14,16,21,24,31H,2-3,6-11,15,17-18H2,1H3/t21-,24+/m1/s1. The van der Waals surface area contributed by atoms with E-state index in [0.717, 1.165) is 44.2 Å². The molecule has 11 heteroatoms. The molecule has 3 fully saturated rings. The fourth-order valence-corrected chi connectivity index (χ4v) is 7.49. The van der Waals surface area contributed by atoms with Crippen LogP contribution in [0, 0.1) is 11.6 Å². The highest BCUT2D eigenvalue weighted by Crippen LogP contribution is 2.40. The van der Waals surface area contributed by atoms with Gasteiger partial charge in [-0.25, -0.2) is 18.6 Å². The van der Waals surface area contributed by atoms with E-state index in [1.165, 1.54) is 17.4 Å². The van der Waals surface area contributed by atoms with Crippen LogP contribution in [0.5, 0.6) is 0 Å². The summed E-state index contributed by atoms with van der Waals surface area (Å²) in [6.45, 7) is 2.69. The zero-order valence-electron chi connectivity index (χ0n) is 22.1. The van der Waals surface area contributed by atoms with Crippen LogP contribution in [-0.4, -0.2) is 74.9 Å². The number of amides is 2. The van der Waals surface area contributed by atoms with Gasteiger partial charge in [0, 0.05) is 67.6 Å². The van der Waals surface area contributed by atoms with Crippen molar-refractivity contribution in [1.29, 1.82) is 0 Å². The molecule has 1 spiro atoms. The Hall–Kier alpha value is -2.89. The molecule has 1 saturated carbocycles. The van der Waals surface area contributed by atoms with Crippen LogP contribution in [0.4, 0.5) is 13.6 Å². The minimum atomic E-state index is -0.541. The second-order valence-corrected chi connectivity index (χ2v) is 12.0. The van der Waals surface area contributed by atoms with Gasteiger partial charge in [-0.1, -0.05) is 12.8 Å². The summed E-state index contributed by atoms with van der Waals surface area (Å²) in [5.74, 6) is -0.995. The normalized spacial score (nSPS) is 23.7. The van der Waals surface area contributed by atoms with Crippen molar-refractivity contribution in [3.63, 3.8) is 0 Å². The summed E-state index contributed by atoms with van der Waals surface area (Å²) in [5.41, 5.74) is 0.639. The SMILES string of the molecule is CN[C@@H]1CCN(C(=O)N2CCN(Cc3cnc4sccn4c3=O)C3(CCCC3)C2)[C@H](c2cc(F)ccc2F)C1. The van der Waals surface area contributed by atoms with Gasteiger partial charge in [0.2, 0.25) is 0 Å². The number of fused-ring (bicyclic) bond motifs is 1. The average molecular weight is 557 g/mol. The lowest BCUT2D eigenvalue weighted by Crippen LogP contribution is -2.64. The molecule has 2 saturated heterocycles. The second kappa shape index (κ2) is 10.6. The number of likely N-dealkylation sites (tertiary alicyclic amines) is 1. The van der Waals surface area contributed by atoms with Crippen LogP contribution < -0.4 is 10.9 Å². The van der Waals surface area contributed by atoms with Crippen molar-refractivity contribution in [3.8, 4) is 0 Å². The number of thiazole rings is 1. The van der Waals surface area contributed by atoms with E-state index < -0.39 is 17.7 Å². The van der Waals surface area contributed by atoms with Crippen LogP contribution in [0.3, 0.4) is 0 Å². The van der Waals surface area contributed by atoms with Crippen molar-refractivity contribution in [1.82, 2.24) is 29.4 Å². The first-order valence-electron chi connectivity index (χ1n) is 13.7. The van der Waals surface area contributed by atoms with Gasteiger partial charge in [-0.15, -0.1) is 11.3 Å². The number of hydrogen-bond donors (Lipinski definition) is 1. The van der Waals surface area contributed by atoms with Gasteiger partial charge in [0.05, 0.1) is 11.6 Å². The maximum atomic E-state index is 14.9. The summed E-state index contributed by atoms with van der Waals surface area (Å²) in [5, 5.41) is 5.11. The molecular formula is C28H34F2N6O2S. The lowest BCUT2D eigenvalue weighted by molar-refractivity contribution is -0.00246. The molecule has 3 aliphatic rings. The molecule has 1 aliphatic carbocycles. The summed E-state index contributed by atoms with van der Waals surface area (Å²) in [6.07, 6.45) is 8.78. The third-order valence-corrected chi connectivity index (χ3v) is 9.72. The number of nitrogens with zero attached hydrogens (tertiary/aromatic N) is 5. The number of aromatic nitrogens is 2. The first-order chi connectivity index (χ1) is 18.9. The number of halogens is 2. The Kier molecular flexibility index (Phi) is 7.15. The number of piperazine rings is 1. The molecule has 2 aromatic heterocycles. The van der Waals surface area contributed by atoms with E-state index in [2.05, 4.69) is 15.2 Å². The zero-order valence-corrected chi connectivity index (χ0v) is 22.9. The van der Waals surface area contributed by atoms with Crippen molar-refractivity contribution in [3.05, 3.63) is 69.1 Å². The van der Waals surface area contributed by atoms with Crippen LogP contribution in [0.25, 0.3) is 4.96 Å². The van der Waals surface area contributed by atoms with Crippen LogP contribution >= 0.6 is 11.3 Å². The molecule has 0 radical (unpaired) electrons. The molecule has 2 amide bonds. The van der Waals surface area contributed by atoms with Gasteiger partial charge >= 0.3 is 6.03 Å². The van der Waals surface area contributed by atoms with E-state index in [1.807, 2.05) is 17.3 Å². The molecule has 0 unspecified atom stereocenters. The Morgan fingerprint density at radius 1 is 1.21 bits per heavy atom. The van der Waals surface area contributed by atoms with Crippen molar-refractivity contribution in [2.75, 3.05) is 33.2 Å². The van der Waals surface area contributed by atoms with Gasteiger partial charge < -0.3 is 15.1 Å². The minimum absolute atomic E-state index is 0.0414. The Morgan fingerprint density at radius 3 is 2.82 bits per heavy atom. The van der Waals surface area contributed by atoms with E-state index in [0.29, 0.717) is 49.7 Å². The summed E-state index contributed by atoms with van der Waals surface area (Å²) < 4.78 is 30.6. The highest BCUT2D eigenvalue weighted by atomic mass is 32.1. The maximum absolute atomic E-state index is 14.9. The summed E-state index contributed by atoms with van der Waals surface area (Å²) in [4.78, 5) is 38.3. The maximum Gasteiger partial charge on any atom is 0.320 e. The van der Waals surface area contributed by atoms with Crippen LogP contribution in [-0.2, 0) is 6.54 Å². The van der Waals surface area contributed by atoms with E-state index >= 15 is 0 Å². The van der Waals surface area contributed by atoms with Gasteiger partial charge in [0.15, 0.2) is 4.96 Å². The van der Waals surface area contributed by atoms with Crippen LogP contribution in [0.15, 0.2) is 40.8 Å². The molecule has 208 valence electrons. The second-order valence-electron chi connectivity index (χ2n) is 11.1. The molecule has 6 rings (SSSR count). The number of rotatable bonds is 4. The molecule has 39 heavy (non-hydrogen) atoms. The van der Waals surface area contributed by atoms with Crippen molar-refractivity contribution in [2.24, 2.45) is 0 Å². The lowest BCUT2D eigenvalue weighted by atomic mass is 9.90. The Balaban J connectivity index is 1.24. The van der Waals surface area contributed by atoms with E-state index in [9.17, 15) is 18.4 Å². The van der Waals surface area contributed by atoms with E-state index in [1.54, 1.807) is 21.7 Å². The molecule has 1 aromatic carbocycles. The van der Waals surface area contributed by atoms with Crippen molar-refractivity contribution < 1.29 is 13.6 Å². The molecule has 0 bridgehead atoms. The van der Waals surface area contributed by atoms with Crippen LogP contribution in [0.1, 0.15) is 55.7 Å². The molecule has 3 aromatic rings. The Morgan fingerprint density at radius 2 is 2.03 bits per heavy atom. The topological polar surface area (TPSA) is 73.2 Å². The summed E-state index contributed by atoms with van der Waals surface area (Å²) >= 11 is 1.43. The molecule has 2 aliphatic heterocycles. The lowest BCUT2D eigenvalue weighted by Gasteiger charge is -2.51.